The number of amides is 1. The van der Waals surface area contributed by atoms with Gasteiger partial charge in [-0.05, 0) is 25.5 Å². The molecule has 1 aromatic heterocycles. The Labute approximate surface area is 143 Å². The van der Waals surface area contributed by atoms with Crippen LogP contribution in [0.25, 0.3) is 11.3 Å². The van der Waals surface area contributed by atoms with Crippen molar-refractivity contribution in [3.63, 3.8) is 0 Å². The van der Waals surface area contributed by atoms with Gasteiger partial charge in [-0.15, -0.1) is 0 Å². The van der Waals surface area contributed by atoms with Crippen LogP contribution >= 0.6 is 11.6 Å². The molecule has 0 fully saturated rings. The van der Waals surface area contributed by atoms with Gasteiger partial charge in [0.15, 0.2) is 0 Å². The Morgan fingerprint density at radius 3 is 2.75 bits per heavy atom. The number of nitrogens with one attached hydrogen (secondary N) is 1. The van der Waals surface area contributed by atoms with Crippen molar-refractivity contribution in [3.8, 4) is 11.3 Å². The summed E-state index contributed by atoms with van der Waals surface area (Å²) >= 11 is 6.01. The Hall–Kier alpha value is -1.93. The summed E-state index contributed by atoms with van der Waals surface area (Å²) in [5, 5.41) is 6.42. The second-order valence-electron chi connectivity index (χ2n) is 5.30. The maximum atomic E-state index is 14.1. The molecule has 0 radical (unpaired) electrons. The average molecular weight is 375 g/mol. The predicted octanol–water partition coefficient (Wildman–Crippen LogP) is 2.61. The van der Waals surface area contributed by atoms with Gasteiger partial charge >= 0.3 is 0 Å². The number of rotatable bonds is 6. The number of benzene rings is 1. The minimum Gasteiger partial charge on any atom is -0.360 e. The zero-order chi connectivity index (χ0) is 17.9. The van der Waals surface area contributed by atoms with Crippen LogP contribution in [0.2, 0.25) is 5.02 Å². The molecule has 1 amide bonds. The van der Waals surface area contributed by atoms with Crippen molar-refractivity contribution in [1.29, 1.82) is 0 Å². The van der Waals surface area contributed by atoms with Crippen LogP contribution in [-0.2, 0) is 9.84 Å². The first-order chi connectivity index (χ1) is 11.2. The number of sulfone groups is 1. The molecule has 2 aromatic rings. The molecule has 0 spiro atoms. The molecule has 2 rings (SSSR count). The zero-order valence-electron chi connectivity index (χ0n) is 13.1. The molecule has 0 aliphatic rings. The molecule has 0 saturated heterocycles. The number of hydrogen-bond donors (Lipinski definition) is 1. The molecule has 0 saturated carbocycles. The Balaban J connectivity index is 2.23. The van der Waals surface area contributed by atoms with Gasteiger partial charge in [-0.1, -0.05) is 22.8 Å². The lowest BCUT2D eigenvalue weighted by Gasteiger charge is -2.07. The van der Waals surface area contributed by atoms with Gasteiger partial charge in [0, 0.05) is 12.8 Å². The summed E-state index contributed by atoms with van der Waals surface area (Å²) in [6.45, 7) is 1.68. The van der Waals surface area contributed by atoms with E-state index in [-0.39, 0.29) is 46.3 Å². The monoisotopic (exact) mass is 374 g/mol. The summed E-state index contributed by atoms with van der Waals surface area (Å²) in [5.41, 5.74) is 0.0647. The molecule has 0 unspecified atom stereocenters. The Bertz CT molecular complexity index is 844. The van der Waals surface area contributed by atoms with Crippen molar-refractivity contribution in [1.82, 2.24) is 10.5 Å². The lowest BCUT2D eigenvalue weighted by atomic mass is 10.0. The van der Waals surface area contributed by atoms with E-state index in [0.29, 0.717) is 0 Å². The van der Waals surface area contributed by atoms with Gasteiger partial charge in [-0.25, -0.2) is 12.8 Å². The molecule has 0 atom stereocenters. The average Bonchev–Trinajstić information content (AvgIpc) is 2.84. The van der Waals surface area contributed by atoms with Crippen molar-refractivity contribution < 1.29 is 22.1 Å². The number of halogens is 2. The topological polar surface area (TPSA) is 89.3 Å². The molecule has 130 valence electrons. The maximum Gasteiger partial charge on any atom is 0.257 e. The summed E-state index contributed by atoms with van der Waals surface area (Å²) < 4.78 is 41.2. The quantitative estimate of drug-likeness (QED) is 0.785. The lowest BCUT2D eigenvalue weighted by molar-refractivity contribution is 0.0952. The first-order valence-corrected chi connectivity index (χ1v) is 9.51. The van der Waals surface area contributed by atoms with E-state index in [2.05, 4.69) is 10.5 Å². The Morgan fingerprint density at radius 1 is 1.42 bits per heavy atom. The number of carbonyl (C=O) groups excluding carboxylic acids is 1. The van der Waals surface area contributed by atoms with Gasteiger partial charge in [0.25, 0.3) is 5.91 Å². The van der Waals surface area contributed by atoms with Crippen LogP contribution in [0.15, 0.2) is 22.7 Å². The molecule has 0 aliphatic carbocycles. The van der Waals surface area contributed by atoms with Gasteiger partial charge in [0.05, 0.1) is 16.3 Å². The van der Waals surface area contributed by atoms with Crippen molar-refractivity contribution in [3.05, 3.63) is 40.4 Å². The number of aryl methyl sites for hydroxylation is 1. The second-order valence-corrected chi connectivity index (χ2v) is 7.97. The van der Waals surface area contributed by atoms with E-state index in [9.17, 15) is 17.6 Å². The summed E-state index contributed by atoms with van der Waals surface area (Å²) in [6, 6.07) is 4.13. The fraction of sp³-hybridized carbons (Fsp3) is 0.333. The standard InChI is InChI=1S/C15H16ClFN2O4S/c1-9-12(15(20)18-7-4-8-24(2,21)22)14(19-23-9)13-10(16)5-3-6-11(13)17/h3,5-6H,4,7-8H2,1-2H3,(H,18,20). The molecule has 9 heteroatoms. The smallest absolute Gasteiger partial charge is 0.257 e. The zero-order valence-corrected chi connectivity index (χ0v) is 14.7. The minimum absolute atomic E-state index is 0.0104. The number of hydrogen-bond acceptors (Lipinski definition) is 5. The van der Waals surface area contributed by atoms with Crippen LogP contribution < -0.4 is 5.32 Å². The third kappa shape index (κ3) is 4.33. The lowest BCUT2D eigenvalue weighted by Crippen LogP contribution is -2.26. The summed E-state index contributed by atoms with van der Waals surface area (Å²) in [4.78, 5) is 12.3. The van der Waals surface area contributed by atoms with E-state index in [1.807, 2.05) is 0 Å². The van der Waals surface area contributed by atoms with Gasteiger partial charge in [-0.2, -0.15) is 0 Å². The van der Waals surface area contributed by atoms with Crippen LogP contribution in [0.1, 0.15) is 22.5 Å². The van der Waals surface area contributed by atoms with Gasteiger partial charge in [0.1, 0.15) is 32.7 Å². The third-order valence-electron chi connectivity index (χ3n) is 3.27. The molecule has 24 heavy (non-hydrogen) atoms. The van der Waals surface area contributed by atoms with Crippen LogP contribution in [0.3, 0.4) is 0 Å². The van der Waals surface area contributed by atoms with Crippen molar-refractivity contribution in [2.24, 2.45) is 0 Å². The van der Waals surface area contributed by atoms with Gasteiger partial charge < -0.3 is 9.84 Å². The number of aromatic nitrogens is 1. The third-order valence-corrected chi connectivity index (χ3v) is 4.61. The summed E-state index contributed by atoms with van der Waals surface area (Å²) in [7, 11) is -3.10. The Kier molecular flexibility index (Phi) is 5.61. The maximum absolute atomic E-state index is 14.1. The first-order valence-electron chi connectivity index (χ1n) is 7.07. The van der Waals surface area contributed by atoms with E-state index < -0.39 is 21.6 Å². The van der Waals surface area contributed by atoms with E-state index in [0.717, 1.165) is 6.26 Å². The van der Waals surface area contributed by atoms with Crippen LogP contribution in [0.4, 0.5) is 4.39 Å². The highest BCUT2D eigenvalue weighted by Crippen LogP contribution is 2.33. The minimum atomic E-state index is -3.10. The molecular weight excluding hydrogens is 359 g/mol. The fourth-order valence-electron chi connectivity index (χ4n) is 2.16. The highest BCUT2D eigenvalue weighted by atomic mass is 35.5. The van der Waals surface area contributed by atoms with Crippen molar-refractivity contribution in [2.45, 2.75) is 13.3 Å². The first kappa shape index (κ1) is 18.4. The largest absolute Gasteiger partial charge is 0.360 e. The molecule has 1 heterocycles. The number of carbonyl (C=O) groups is 1. The van der Waals surface area contributed by atoms with Crippen molar-refractivity contribution in [2.75, 3.05) is 18.6 Å². The van der Waals surface area contributed by atoms with Gasteiger partial charge in [-0.3, -0.25) is 4.79 Å². The number of nitrogens with zero attached hydrogens (tertiary/aromatic N) is 1. The fourth-order valence-corrected chi connectivity index (χ4v) is 3.08. The SMILES string of the molecule is Cc1onc(-c2c(F)cccc2Cl)c1C(=O)NCCCS(C)(=O)=O. The molecule has 0 aliphatic heterocycles. The van der Waals surface area contributed by atoms with Crippen LogP contribution in [0, 0.1) is 12.7 Å². The Morgan fingerprint density at radius 2 is 2.12 bits per heavy atom. The predicted molar refractivity (Wildman–Crippen MR) is 88.3 cm³/mol. The van der Waals surface area contributed by atoms with E-state index in [4.69, 9.17) is 16.1 Å². The highest BCUT2D eigenvalue weighted by Gasteiger charge is 2.25. The molecule has 1 aromatic carbocycles. The van der Waals surface area contributed by atoms with E-state index in [1.165, 1.54) is 25.1 Å². The highest BCUT2D eigenvalue weighted by molar-refractivity contribution is 7.90. The normalized spacial score (nSPS) is 11.5. The summed E-state index contributed by atoms with van der Waals surface area (Å²) in [5.74, 6) is -0.981. The molecule has 1 N–H and O–H groups in total. The molecular formula is C15H16ClFN2O4S. The molecule has 0 bridgehead atoms. The summed E-state index contributed by atoms with van der Waals surface area (Å²) in [6.07, 6.45) is 1.39. The van der Waals surface area contributed by atoms with Crippen LogP contribution in [-0.4, -0.2) is 38.0 Å². The molecule has 6 nitrogen and oxygen atoms in total. The van der Waals surface area contributed by atoms with E-state index >= 15 is 0 Å². The van der Waals surface area contributed by atoms with Crippen LogP contribution in [0.5, 0.6) is 0 Å². The van der Waals surface area contributed by atoms with E-state index in [1.54, 1.807) is 0 Å². The van der Waals surface area contributed by atoms with Crippen molar-refractivity contribution >= 4 is 27.3 Å². The van der Waals surface area contributed by atoms with Gasteiger partial charge in [0.2, 0.25) is 0 Å². The second kappa shape index (κ2) is 7.31.